The van der Waals surface area contributed by atoms with E-state index < -0.39 is 6.43 Å². The van der Waals surface area contributed by atoms with E-state index >= 15 is 0 Å². The summed E-state index contributed by atoms with van der Waals surface area (Å²) in [5.74, 6) is 0. The molecule has 90 valence electrons. The quantitative estimate of drug-likeness (QED) is 0.860. The molecular formula is C11H17F2N3. The van der Waals surface area contributed by atoms with Crippen molar-refractivity contribution in [1.82, 2.24) is 15.1 Å². The minimum Gasteiger partial charge on any atom is -0.316 e. The predicted molar refractivity (Wildman–Crippen MR) is 57.5 cm³/mol. The number of hydrogen-bond acceptors (Lipinski definition) is 2. The first kappa shape index (κ1) is 11.5. The minimum absolute atomic E-state index is 0.0984. The normalized spacial score (nSPS) is 17.5. The van der Waals surface area contributed by atoms with Crippen LogP contribution >= 0.6 is 0 Å². The molecule has 0 spiro atoms. The van der Waals surface area contributed by atoms with Gasteiger partial charge in [-0.3, -0.25) is 4.68 Å². The van der Waals surface area contributed by atoms with Crippen LogP contribution in [0.15, 0.2) is 6.20 Å². The molecule has 1 heterocycles. The summed E-state index contributed by atoms with van der Waals surface area (Å²) in [6, 6.07) is 0.176. The largest absolute Gasteiger partial charge is 0.316 e. The van der Waals surface area contributed by atoms with E-state index in [0.29, 0.717) is 12.1 Å². The highest BCUT2D eigenvalue weighted by Crippen LogP contribution is 2.33. The van der Waals surface area contributed by atoms with Crippen LogP contribution in [-0.2, 0) is 6.54 Å². The summed E-state index contributed by atoms with van der Waals surface area (Å²) >= 11 is 0. The Kier molecular flexibility index (Phi) is 3.53. The van der Waals surface area contributed by atoms with Crippen molar-refractivity contribution in [3.8, 4) is 0 Å². The molecule has 0 radical (unpaired) electrons. The number of rotatable bonds is 4. The first-order chi connectivity index (χ1) is 7.74. The third kappa shape index (κ3) is 2.09. The van der Waals surface area contributed by atoms with Crippen molar-refractivity contribution >= 4 is 0 Å². The van der Waals surface area contributed by atoms with E-state index in [4.69, 9.17) is 0 Å². The molecule has 0 bridgehead atoms. The second-order valence-corrected chi connectivity index (χ2v) is 4.27. The summed E-state index contributed by atoms with van der Waals surface area (Å²) in [5.41, 5.74) is 0.714. The average molecular weight is 229 g/mol. The van der Waals surface area contributed by atoms with Gasteiger partial charge in [-0.2, -0.15) is 5.10 Å². The molecule has 5 heteroatoms. The van der Waals surface area contributed by atoms with Gasteiger partial charge in [-0.15, -0.1) is 0 Å². The Balaban J connectivity index is 2.29. The van der Waals surface area contributed by atoms with Crippen molar-refractivity contribution in [3.05, 3.63) is 17.5 Å². The summed E-state index contributed by atoms with van der Waals surface area (Å²) in [4.78, 5) is 0. The van der Waals surface area contributed by atoms with Gasteiger partial charge in [0.05, 0.1) is 12.2 Å². The van der Waals surface area contributed by atoms with E-state index in [1.54, 1.807) is 17.9 Å². The first-order valence-corrected chi connectivity index (χ1v) is 5.73. The Morgan fingerprint density at radius 1 is 1.50 bits per heavy atom. The molecule has 0 amide bonds. The number of nitrogens with one attached hydrogen (secondary N) is 1. The molecule has 0 saturated heterocycles. The van der Waals surface area contributed by atoms with Crippen molar-refractivity contribution in [2.75, 3.05) is 7.05 Å². The second kappa shape index (κ2) is 4.91. The van der Waals surface area contributed by atoms with E-state index in [2.05, 4.69) is 10.4 Å². The molecule has 1 aromatic heterocycles. The number of nitrogens with zero attached hydrogens (tertiary/aromatic N) is 2. The molecule has 1 aromatic rings. The van der Waals surface area contributed by atoms with Gasteiger partial charge in [0.25, 0.3) is 6.43 Å². The van der Waals surface area contributed by atoms with Gasteiger partial charge in [0, 0.05) is 12.1 Å². The Morgan fingerprint density at radius 2 is 2.19 bits per heavy atom. The van der Waals surface area contributed by atoms with Gasteiger partial charge < -0.3 is 5.32 Å². The van der Waals surface area contributed by atoms with Crippen LogP contribution in [0, 0.1) is 0 Å². The van der Waals surface area contributed by atoms with Crippen LogP contribution in [0.1, 0.15) is 49.4 Å². The molecule has 1 N–H and O–H groups in total. The molecule has 2 rings (SSSR count). The highest BCUT2D eigenvalue weighted by atomic mass is 19.3. The van der Waals surface area contributed by atoms with Crippen molar-refractivity contribution in [1.29, 1.82) is 0 Å². The average Bonchev–Trinajstić information content (AvgIpc) is 2.83. The maximum atomic E-state index is 13.0. The summed E-state index contributed by atoms with van der Waals surface area (Å²) < 4.78 is 27.6. The van der Waals surface area contributed by atoms with E-state index in [1.165, 1.54) is 0 Å². The molecule has 0 aliphatic heterocycles. The Morgan fingerprint density at radius 3 is 2.75 bits per heavy atom. The van der Waals surface area contributed by atoms with Crippen LogP contribution in [0.25, 0.3) is 0 Å². The molecule has 1 saturated carbocycles. The van der Waals surface area contributed by atoms with Crippen LogP contribution < -0.4 is 5.32 Å². The van der Waals surface area contributed by atoms with E-state index in [1.807, 2.05) is 0 Å². The smallest absolute Gasteiger partial charge is 0.280 e. The van der Waals surface area contributed by atoms with Crippen molar-refractivity contribution in [2.24, 2.45) is 0 Å². The molecule has 16 heavy (non-hydrogen) atoms. The zero-order valence-corrected chi connectivity index (χ0v) is 9.42. The fourth-order valence-corrected chi connectivity index (χ4v) is 2.41. The van der Waals surface area contributed by atoms with E-state index in [9.17, 15) is 8.78 Å². The fourth-order valence-electron chi connectivity index (χ4n) is 2.41. The van der Waals surface area contributed by atoms with Crippen LogP contribution in [0.4, 0.5) is 8.78 Å². The Hall–Kier alpha value is -0.970. The topological polar surface area (TPSA) is 29.9 Å². The number of aromatic nitrogens is 2. The molecule has 0 atom stereocenters. The van der Waals surface area contributed by atoms with Crippen molar-refractivity contribution < 1.29 is 8.78 Å². The predicted octanol–water partition coefficient (Wildman–Crippen LogP) is 2.66. The van der Waals surface area contributed by atoms with Gasteiger partial charge in [-0.1, -0.05) is 12.8 Å². The van der Waals surface area contributed by atoms with Gasteiger partial charge in [-0.25, -0.2) is 8.78 Å². The molecule has 1 aliphatic rings. The fraction of sp³-hybridized carbons (Fsp3) is 0.727. The lowest BCUT2D eigenvalue weighted by atomic mass is 10.2. The standard InChI is InChI=1S/C11H17F2N3/c1-14-6-8-7-15-16(10(8)11(12)13)9-4-2-3-5-9/h7,9,11,14H,2-6H2,1H3. The summed E-state index contributed by atoms with van der Waals surface area (Å²) in [6.07, 6.45) is 3.31. The highest BCUT2D eigenvalue weighted by Gasteiger charge is 2.26. The number of halogens is 2. The van der Waals surface area contributed by atoms with E-state index in [-0.39, 0.29) is 11.7 Å². The maximum Gasteiger partial charge on any atom is 0.280 e. The third-order valence-electron chi connectivity index (χ3n) is 3.16. The Labute approximate surface area is 93.8 Å². The number of alkyl halides is 2. The lowest BCUT2D eigenvalue weighted by Crippen LogP contribution is -2.13. The van der Waals surface area contributed by atoms with E-state index in [0.717, 1.165) is 25.7 Å². The monoisotopic (exact) mass is 229 g/mol. The SMILES string of the molecule is CNCc1cnn(C2CCCC2)c1C(F)F. The molecular weight excluding hydrogens is 212 g/mol. The molecule has 1 fully saturated rings. The van der Waals surface area contributed by atoms with Crippen LogP contribution in [0.2, 0.25) is 0 Å². The van der Waals surface area contributed by atoms with Crippen LogP contribution in [0.3, 0.4) is 0 Å². The first-order valence-electron chi connectivity index (χ1n) is 5.73. The minimum atomic E-state index is -2.44. The van der Waals surface area contributed by atoms with Gasteiger partial charge in [-0.05, 0) is 19.9 Å². The summed E-state index contributed by atoms with van der Waals surface area (Å²) in [7, 11) is 1.75. The van der Waals surface area contributed by atoms with Crippen molar-refractivity contribution in [3.63, 3.8) is 0 Å². The van der Waals surface area contributed by atoms with Crippen molar-refractivity contribution in [2.45, 2.75) is 44.7 Å². The van der Waals surface area contributed by atoms with Gasteiger partial charge in [0.1, 0.15) is 5.69 Å². The van der Waals surface area contributed by atoms with Crippen LogP contribution in [0.5, 0.6) is 0 Å². The lowest BCUT2D eigenvalue weighted by Gasteiger charge is -2.14. The lowest BCUT2D eigenvalue weighted by molar-refractivity contribution is 0.134. The molecule has 0 unspecified atom stereocenters. The third-order valence-corrected chi connectivity index (χ3v) is 3.16. The number of hydrogen-bond donors (Lipinski definition) is 1. The second-order valence-electron chi connectivity index (χ2n) is 4.27. The Bertz CT molecular complexity index is 343. The molecule has 0 aromatic carbocycles. The molecule has 1 aliphatic carbocycles. The van der Waals surface area contributed by atoms with Gasteiger partial charge in [0.15, 0.2) is 0 Å². The summed E-state index contributed by atoms with van der Waals surface area (Å²) in [6.45, 7) is 0.451. The van der Waals surface area contributed by atoms with Crippen LogP contribution in [-0.4, -0.2) is 16.8 Å². The van der Waals surface area contributed by atoms with Gasteiger partial charge >= 0.3 is 0 Å². The maximum absolute atomic E-state index is 13.0. The van der Waals surface area contributed by atoms with Gasteiger partial charge in [0.2, 0.25) is 0 Å². The zero-order chi connectivity index (χ0) is 11.5. The highest BCUT2D eigenvalue weighted by molar-refractivity contribution is 5.19. The zero-order valence-electron chi connectivity index (χ0n) is 9.42. The molecule has 3 nitrogen and oxygen atoms in total. The summed E-state index contributed by atoms with van der Waals surface area (Å²) in [5, 5.41) is 7.03.